The molecular weight excluding hydrogens is 540 g/mol. The van der Waals surface area contributed by atoms with E-state index in [9.17, 15) is 19.5 Å². The zero-order valence-corrected chi connectivity index (χ0v) is 25.2. The fourth-order valence-electron chi connectivity index (χ4n) is 5.96. The zero-order chi connectivity index (χ0) is 31.1. The maximum atomic E-state index is 12.5. The van der Waals surface area contributed by atoms with E-state index in [2.05, 4.69) is 25.1 Å². The lowest BCUT2D eigenvalue weighted by Gasteiger charge is -2.35. The number of aromatic amines is 1. The van der Waals surface area contributed by atoms with Gasteiger partial charge in [-0.25, -0.2) is 9.59 Å². The van der Waals surface area contributed by atoms with E-state index in [1.165, 1.54) is 16.8 Å². The van der Waals surface area contributed by atoms with Crippen molar-refractivity contribution in [3.05, 3.63) is 94.3 Å². The van der Waals surface area contributed by atoms with Gasteiger partial charge in [0.05, 0.1) is 17.8 Å². The summed E-state index contributed by atoms with van der Waals surface area (Å²) in [5.74, 6) is -0.487. The molecule has 0 spiro atoms. The molecule has 1 aromatic heterocycles. The van der Waals surface area contributed by atoms with Crippen LogP contribution in [0.25, 0.3) is 0 Å². The van der Waals surface area contributed by atoms with Gasteiger partial charge in [-0.05, 0) is 31.4 Å². The van der Waals surface area contributed by atoms with Crippen LogP contribution in [0.15, 0.2) is 77.5 Å². The van der Waals surface area contributed by atoms with Crippen molar-refractivity contribution in [1.82, 2.24) is 9.55 Å². The Kier molecular flexibility index (Phi) is 11.3. The van der Waals surface area contributed by atoms with Gasteiger partial charge in [-0.2, -0.15) is 0 Å². The smallest absolute Gasteiger partial charge is 0.338 e. The molecule has 2 fully saturated rings. The molecular formula is C32H44N2O8. The monoisotopic (exact) mass is 584 g/mol. The highest BCUT2D eigenvalue weighted by molar-refractivity contribution is 5.89. The molecule has 2 aromatic rings. The predicted octanol–water partition coefficient (Wildman–Crippen LogP) is 4.36. The van der Waals surface area contributed by atoms with Gasteiger partial charge in [0.2, 0.25) is 0 Å². The number of nitrogens with zero attached hydrogens (tertiary/aromatic N) is 1. The average Bonchev–Trinajstić information content (AvgIpc) is 3.38. The van der Waals surface area contributed by atoms with E-state index in [4.69, 9.17) is 18.9 Å². The van der Waals surface area contributed by atoms with Gasteiger partial charge in [0, 0.05) is 37.6 Å². The number of benzene rings is 1. The summed E-state index contributed by atoms with van der Waals surface area (Å²) in [5, 5.41) is 10.9. The highest BCUT2D eigenvalue weighted by Gasteiger charge is 2.57. The Morgan fingerprint density at radius 1 is 1.02 bits per heavy atom. The molecule has 1 aromatic carbocycles. The van der Waals surface area contributed by atoms with E-state index < -0.39 is 35.0 Å². The molecule has 10 nitrogen and oxygen atoms in total. The summed E-state index contributed by atoms with van der Waals surface area (Å²) in [5.41, 5.74) is -2.60. The zero-order valence-electron chi connectivity index (χ0n) is 25.2. The maximum Gasteiger partial charge on any atom is 0.338 e. The van der Waals surface area contributed by atoms with Crippen molar-refractivity contribution in [3.63, 3.8) is 0 Å². The molecule has 0 aliphatic carbocycles. The number of rotatable bonds is 10. The predicted molar refractivity (Wildman–Crippen MR) is 159 cm³/mol. The number of carbonyl (C=O) groups excluding carboxylic acids is 1. The summed E-state index contributed by atoms with van der Waals surface area (Å²) in [6.07, 6.45) is 5.51. The molecule has 2 aliphatic heterocycles. The van der Waals surface area contributed by atoms with Gasteiger partial charge >= 0.3 is 11.7 Å². The number of aliphatic hydroxyl groups is 1. The number of aromatic nitrogens is 2. The molecule has 3 heterocycles. The number of H-pyrrole nitrogens is 1. The first kappa shape index (κ1) is 33.2. The Balaban J connectivity index is 0.000000231. The summed E-state index contributed by atoms with van der Waals surface area (Å²) in [6, 6.07) is 10.2. The van der Waals surface area contributed by atoms with Crippen molar-refractivity contribution < 1.29 is 28.8 Å². The third-order valence-corrected chi connectivity index (χ3v) is 8.45. The van der Waals surface area contributed by atoms with Gasteiger partial charge in [-0.1, -0.05) is 58.0 Å². The van der Waals surface area contributed by atoms with Crippen molar-refractivity contribution in [1.29, 1.82) is 0 Å². The molecule has 230 valence electrons. The van der Waals surface area contributed by atoms with Gasteiger partial charge in [-0.15, -0.1) is 13.2 Å². The second-order valence-corrected chi connectivity index (χ2v) is 10.9. The van der Waals surface area contributed by atoms with Crippen LogP contribution in [0.3, 0.4) is 0 Å². The summed E-state index contributed by atoms with van der Waals surface area (Å²) in [7, 11) is 1.57. The third-order valence-electron chi connectivity index (χ3n) is 8.45. The van der Waals surface area contributed by atoms with Crippen LogP contribution in [0.5, 0.6) is 0 Å². The van der Waals surface area contributed by atoms with E-state index in [1.54, 1.807) is 31.4 Å². The Bertz CT molecular complexity index is 1320. The standard InChI is InChI=1S/C18H24O4.C14H20N2O4/c1-5-12-18(13(3)15(6-2)21-17(18)20-4)22-16(19)14-10-8-7-9-11-14;1-4-7-14(19)9(3)10(5-2)20-12(14)16-8-6-11(17)15-13(16)18/h5,7-11,13,15,17H,1,6,12H2,2-4H3;4,6,8-10,12,19H,1,5,7H2,2-3H3,(H,15,17,18)/t13-,15-,17+,18-;9-,10-,12-,14-/m11/s1. The Labute approximate surface area is 247 Å². The minimum Gasteiger partial charge on any atom is -0.449 e. The summed E-state index contributed by atoms with van der Waals surface area (Å²) >= 11 is 0. The molecule has 8 atom stereocenters. The van der Waals surface area contributed by atoms with E-state index in [-0.39, 0.29) is 30.0 Å². The van der Waals surface area contributed by atoms with Crippen molar-refractivity contribution in [3.8, 4) is 0 Å². The van der Waals surface area contributed by atoms with Gasteiger partial charge < -0.3 is 24.1 Å². The van der Waals surface area contributed by atoms with Gasteiger partial charge in [0.1, 0.15) is 5.60 Å². The molecule has 2 saturated heterocycles. The SMILES string of the molecule is C=CC[C@@]1(O)[C@H](C)[C@@H](CC)O[C@H]1n1ccc(=O)[nH]c1=O.C=CC[C@]1(OC(=O)c2ccccc2)[C@@H](OC)O[C@H](CC)[C@H]1C. The van der Waals surface area contributed by atoms with E-state index in [0.717, 1.165) is 12.8 Å². The van der Waals surface area contributed by atoms with Gasteiger partial charge in [0.25, 0.3) is 5.56 Å². The normalized spacial score (nSPS) is 32.0. The summed E-state index contributed by atoms with van der Waals surface area (Å²) in [4.78, 5) is 37.7. The topological polar surface area (TPSA) is 129 Å². The second kappa shape index (κ2) is 14.2. The number of methoxy groups -OCH3 is 1. The molecule has 4 rings (SSSR count). The van der Waals surface area contributed by atoms with Crippen LogP contribution in [0, 0.1) is 11.8 Å². The minimum absolute atomic E-state index is 0.00604. The quantitative estimate of drug-likeness (QED) is 0.311. The van der Waals surface area contributed by atoms with Crippen LogP contribution in [0.2, 0.25) is 0 Å². The lowest BCUT2D eigenvalue weighted by atomic mass is 9.82. The van der Waals surface area contributed by atoms with Crippen molar-refractivity contribution in [2.45, 2.75) is 89.3 Å². The van der Waals surface area contributed by atoms with Crippen LogP contribution in [-0.2, 0) is 18.9 Å². The van der Waals surface area contributed by atoms with Crippen molar-refractivity contribution in [2.24, 2.45) is 11.8 Å². The Hall–Kier alpha value is -3.31. The maximum absolute atomic E-state index is 12.5. The van der Waals surface area contributed by atoms with Crippen LogP contribution in [-0.4, -0.2) is 57.4 Å². The molecule has 0 bridgehead atoms. The van der Waals surface area contributed by atoms with E-state index in [0.29, 0.717) is 18.4 Å². The highest BCUT2D eigenvalue weighted by Crippen LogP contribution is 2.46. The number of nitrogens with one attached hydrogen (secondary N) is 1. The Morgan fingerprint density at radius 3 is 2.19 bits per heavy atom. The molecule has 2 aliphatic rings. The molecule has 0 radical (unpaired) electrons. The number of ether oxygens (including phenoxy) is 4. The third kappa shape index (κ3) is 6.52. The average molecular weight is 585 g/mol. The number of hydrogen-bond donors (Lipinski definition) is 2. The first-order chi connectivity index (χ1) is 20.0. The fourth-order valence-corrected chi connectivity index (χ4v) is 5.96. The first-order valence-corrected chi connectivity index (χ1v) is 14.4. The lowest BCUT2D eigenvalue weighted by Crippen LogP contribution is -2.48. The number of esters is 1. The van der Waals surface area contributed by atoms with Crippen LogP contribution in [0.1, 0.15) is 70.0 Å². The molecule has 42 heavy (non-hydrogen) atoms. The molecule has 0 amide bonds. The second-order valence-electron chi connectivity index (χ2n) is 10.9. The number of hydrogen-bond acceptors (Lipinski definition) is 8. The van der Waals surface area contributed by atoms with Crippen molar-refractivity contribution in [2.75, 3.05) is 7.11 Å². The number of carbonyl (C=O) groups is 1. The molecule has 2 N–H and O–H groups in total. The van der Waals surface area contributed by atoms with Crippen molar-refractivity contribution >= 4 is 5.97 Å². The largest absolute Gasteiger partial charge is 0.449 e. The van der Waals surface area contributed by atoms with Gasteiger partial charge in [-0.3, -0.25) is 14.3 Å². The van der Waals surface area contributed by atoms with Gasteiger partial charge in [0.15, 0.2) is 18.1 Å². The van der Waals surface area contributed by atoms with Crippen LogP contribution < -0.4 is 11.2 Å². The molecule has 0 saturated carbocycles. The first-order valence-electron chi connectivity index (χ1n) is 14.4. The Morgan fingerprint density at radius 2 is 1.64 bits per heavy atom. The van der Waals surface area contributed by atoms with E-state index >= 15 is 0 Å². The van der Waals surface area contributed by atoms with Crippen LogP contribution >= 0.6 is 0 Å². The molecule has 0 unspecified atom stereocenters. The fraction of sp³-hybridized carbons (Fsp3) is 0.531. The highest BCUT2D eigenvalue weighted by atomic mass is 16.7. The lowest BCUT2D eigenvalue weighted by molar-refractivity contribution is -0.188. The summed E-state index contributed by atoms with van der Waals surface area (Å²) in [6.45, 7) is 15.4. The van der Waals surface area contributed by atoms with E-state index in [1.807, 2.05) is 39.0 Å². The minimum atomic E-state index is -1.22. The molecule has 10 heteroatoms. The van der Waals surface area contributed by atoms with Crippen LogP contribution in [0.4, 0.5) is 0 Å². The summed E-state index contributed by atoms with van der Waals surface area (Å²) < 4.78 is 24.4.